The van der Waals surface area contributed by atoms with Gasteiger partial charge in [0.2, 0.25) is 17.7 Å². The van der Waals surface area contributed by atoms with E-state index in [0.29, 0.717) is 39.1 Å². The lowest BCUT2D eigenvalue weighted by Crippen LogP contribution is -2.65. The molecular weight excluding hydrogens is 534 g/mol. The normalized spacial score (nSPS) is 24.6. The minimum atomic E-state index is -0.862. The number of fused-ring (bicyclic) bond motifs is 5. The third-order valence-electron chi connectivity index (χ3n) is 9.53. The van der Waals surface area contributed by atoms with Gasteiger partial charge in [-0.25, -0.2) is 0 Å². The second-order valence-electron chi connectivity index (χ2n) is 12.7. The molecule has 10 heteroatoms. The summed E-state index contributed by atoms with van der Waals surface area (Å²) in [5, 5.41) is 4.09. The molecular formula is C32H47N5O5. The van der Waals surface area contributed by atoms with E-state index in [2.05, 4.69) is 15.2 Å². The van der Waals surface area contributed by atoms with Crippen LogP contribution in [0.1, 0.15) is 58.7 Å². The van der Waals surface area contributed by atoms with Crippen LogP contribution >= 0.6 is 0 Å². The predicted octanol–water partition coefficient (Wildman–Crippen LogP) is 2.90. The van der Waals surface area contributed by atoms with Crippen molar-refractivity contribution in [3.8, 4) is 5.75 Å². The lowest BCUT2D eigenvalue weighted by molar-refractivity contribution is -0.166. The van der Waals surface area contributed by atoms with Crippen LogP contribution in [-0.4, -0.2) is 103 Å². The average Bonchev–Trinajstić information content (AvgIpc) is 3.34. The van der Waals surface area contributed by atoms with Crippen LogP contribution in [0, 0.1) is 11.8 Å². The molecule has 3 aliphatic rings. The van der Waals surface area contributed by atoms with E-state index in [1.54, 1.807) is 7.11 Å². The molecule has 3 amide bonds. The fourth-order valence-electron chi connectivity index (χ4n) is 7.44. The van der Waals surface area contributed by atoms with Crippen LogP contribution in [0.25, 0.3) is 10.9 Å². The number of nitrogens with zero attached hydrogens (tertiary/aromatic N) is 3. The molecule has 2 aromatic rings. The van der Waals surface area contributed by atoms with Crippen molar-refractivity contribution in [3.63, 3.8) is 0 Å². The molecule has 5 rings (SSSR count). The Kier molecular flexibility index (Phi) is 8.85. The van der Waals surface area contributed by atoms with Crippen molar-refractivity contribution < 1.29 is 23.9 Å². The Morgan fingerprint density at radius 3 is 2.55 bits per heavy atom. The third-order valence-corrected chi connectivity index (χ3v) is 9.53. The summed E-state index contributed by atoms with van der Waals surface area (Å²) < 4.78 is 10.9. The fraction of sp³-hybridized carbons (Fsp3) is 0.656. The molecule has 2 fully saturated rings. The van der Waals surface area contributed by atoms with Crippen LogP contribution in [0.3, 0.4) is 0 Å². The fourth-order valence-corrected chi connectivity index (χ4v) is 7.44. The van der Waals surface area contributed by atoms with Crippen LogP contribution in [0.5, 0.6) is 5.75 Å². The minimum Gasteiger partial charge on any atom is -0.497 e. The van der Waals surface area contributed by atoms with E-state index in [-0.39, 0.29) is 36.2 Å². The van der Waals surface area contributed by atoms with E-state index < -0.39 is 17.4 Å². The summed E-state index contributed by atoms with van der Waals surface area (Å²) in [4.78, 5) is 51.4. The van der Waals surface area contributed by atoms with Crippen LogP contribution in [0.2, 0.25) is 0 Å². The number of rotatable bonds is 9. The summed E-state index contributed by atoms with van der Waals surface area (Å²) in [6.45, 7) is 15.1. The molecule has 1 aromatic carbocycles. The summed E-state index contributed by atoms with van der Waals surface area (Å²) in [6, 6.07) is 5.96. The summed E-state index contributed by atoms with van der Waals surface area (Å²) in [6.07, 6.45) is 1.08. The molecule has 0 bridgehead atoms. The summed E-state index contributed by atoms with van der Waals surface area (Å²) >= 11 is 0. The molecule has 3 aliphatic heterocycles. The number of aromatic nitrogens is 1. The van der Waals surface area contributed by atoms with Gasteiger partial charge in [0.15, 0.2) is 0 Å². The second kappa shape index (κ2) is 12.2. The highest BCUT2D eigenvalue weighted by molar-refractivity contribution is 5.93. The molecule has 1 aromatic heterocycles. The number of H-pyrrole nitrogens is 1. The molecule has 42 heavy (non-hydrogen) atoms. The van der Waals surface area contributed by atoms with E-state index in [1.165, 1.54) is 0 Å². The number of piperidine rings is 1. The van der Waals surface area contributed by atoms with Gasteiger partial charge in [0, 0.05) is 73.7 Å². The van der Waals surface area contributed by atoms with Gasteiger partial charge in [-0.05, 0) is 71.2 Å². The molecule has 230 valence electrons. The Morgan fingerprint density at radius 1 is 1.17 bits per heavy atom. The monoisotopic (exact) mass is 581 g/mol. The van der Waals surface area contributed by atoms with Crippen molar-refractivity contribution in [2.75, 3.05) is 53.0 Å². The molecule has 0 radical (unpaired) electrons. The SMILES string of the molecule is COc1ccc2[nH]c3c(c2c1)CCN1C(=O)C(CC(=O)NCCN2CCOCC2)C[C@H](C(=O)N(C(C)C)C(C)C)[C@@]31C. The number of aromatic amines is 1. The average molecular weight is 582 g/mol. The van der Waals surface area contributed by atoms with Crippen LogP contribution in [0.4, 0.5) is 0 Å². The first-order chi connectivity index (χ1) is 20.1. The van der Waals surface area contributed by atoms with Gasteiger partial charge in [-0.2, -0.15) is 0 Å². The number of benzene rings is 1. The quantitative estimate of drug-likeness (QED) is 0.472. The third kappa shape index (κ3) is 5.51. The summed E-state index contributed by atoms with van der Waals surface area (Å²) in [5.74, 6) is -0.442. The first-order valence-corrected chi connectivity index (χ1v) is 15.5. The van der Waals surface area contributed by atoms with Crippen LogP contribution in [0.15, 0.2) is 18.2 Å². The molecule has 0 saturated carbocycles. The number of hydrogen-bond acceptors (Lipinski definition) is 6. The Hall–Kier alpha value is -3.11. The summed E-state index contributed by atoms with van der Waals surface area (Å²) in [7, 11) is 1.66. The van der Waals surface area contributed by atoms with Gasteiger partial charge in [-0.1, -0.05) is 0 Å². The Balaban J connectivity index is 1.45. The number of carbonyl (C=O) groups excluding carboxylic acids is 3. The second-order valence-corrected chi connectivity index (χ2v) is 12.7. The first kappa shape index (κ1) is 30.4. The molecule has 2 N–H and O–H groups in total. The zero-order valence-electron chi connectivity index (χ0n) is 26.0. The van der Waals surface area contributed by atoms with Crippen LogP contribution < -0.4 is 10.1 Å². The Morgan fingerprint density at radius 2 is 1.88 bits per heavy atom. The van der Waals surface area contributed by atoms with Crippen molar-refractivity contribution in [3.05, 3.63) is 29.5 Å². The number of methoxy groups -OCH3 is 1. The number of morpholine rings is 1. The van der Waals surface area contributed by atoms with Gasteiger partial charge >= 0.3 is 0 Å². The smallest absolute Gasteiger partial charge is 0.228 e. The van der Waals surface area contributed by atoms with E-state index in [0.717, 1.165) is 47.5 Å². The van der Waals surface area contributed by atoms with Crippen molar-refractivity contribution >= 4 is 28.6 Å². The topological polar surface area (TPSA) is 107 Å². The zero-order valence-corrected chi connectivity index (χ0v) is 26.0. The maximum atomic E-state index is 14.5. The van der Waals surface area contributed by atoms with Crippen molar-refractivity contribution in [1.29, 1.82) is 0 Å². The minimum absolute atomic E-state index is 0.00384. The van der Waals surface area contributed by atoms with E-state index in [9.17, 15) is 14.4 Å². The maximum Gasteiger partial charge on any atom is 0.228 e. The Bertz CT molecular complexity index is 1310. The molecule has 3 atom stereocenters. The molecule has 1 unspecified atom stereocenters. The molecule has 4 heterocycles. The number of nitrogens with one attached hydrogen (secondary N) is 2. The van der Waals surface area contributed by atoms with Crippen molar-refractivity contribution in [2.24, 2.45) is 11.8 Å². The standard InChI is InChI=1S/C32H47N5O5/c1-20(2)37(21(3)4)31(40)26-17-22(18-28(38)33-10-12-35-13-15-42-16-14-35)30(39)36-11-9-24-25-19-23(41-6)7-8-27(25)34-29(24)32(26,36)5/h7-8,19-22,26,34H,9-18H2,1-6H3,(H,33,38)/t22?,26-,32+/m1/s1. The van der Waals surface area contributed by atoms with Gasteiger partial charge in [0.25, 0.3) is 0 Å². The highest BCUT2D eigenvalue weighted by atomic mass is 16.5. The number of ether oxygens (including phenoxy) is 2. The van der Waals surface area contributed by atoms with E-state index in [4.69, 9.17) is 9.47 Å². The van der Waals surface area contributed by atoms with Gasteiger partial charge in [0.1, 0.15) is 5.75 Å². The lowest BCUT2D eigenvalue weighted by Gasteiger charge is -2.54. The lowest BCUT2D eigenvalue weighted by atomic mass is 9.67. The molecule has 0 spiro atoms. The largest absolute Gasteiger partial charge is 0.497 e. The molecule has 0 aliphatic carbocycles. The van der Waals surface area contributed by atoms with E-state index in [1.807, 2.05) is 62.6 Å². The predicted molar refractivity (Wildman–Crippen MR) is 161 cm³/mol. The van der Waals surface area contributed by atoms with E-state index >= 15 is 0 Å². The molecule has 10 nitrogen and oxygen atoms in total. The highest BCUT2D eigenvalue weighted by Crippen LogP contribution is 2.50. The first-order valence-electron chi connectivity index (χ1n) is 15.5. The van der Waals surface area contributed by atoms with Crippen molar-refractivity contribution in [1.82, 2.24) is 25.0 Å². The number of amides is 3. The van der Waals surface area contributed by atoms with Gasteiger partial charge < -0.3 is 29.6 Å². The number of hydrogen-bond donors (Lipinski definition) is 2. The van der Waals surface area contributed by atoms with Gasteiger partial charge in [0.05, 0.1) is 31.8 Å². The number of carbonyl (C=O) groups is 3. The van der Waals surface area contributed by atoms with Gasteiger partial charge in [-0.15, -0.1) is 0 Å². The van der Waals surface area contributed by atoms with Gasteiger partial charge in [-0.3, -0.25) is 19.3 Å². The Labute approximate surface area is 249 Å². The zero-order chi connectivity index (χ0) is 30.2. The summed E-state index contributed by atoms with van der Waals surface area (Å²) in [5.41, 5.74) is 2.16. The molecule has 2 saturated heterocycles. The van der Waals surface area contributed by atoms with Crippen LogP contribution in [-0.2, 0) is 31.1 Å². The van der Waals surface area contributed by atoms with Crippen molar-refractivity contribution in [2.45, 2.75) is 71.5 Å². The maximum absolute atomic E-state index is 14.5. The highest BCUT2D eigenvalue weighted by Gasteiger charge is 2.57.